The van der Waals surface area contributed by atoms with Gasteiger partial charge in [0.1, 0.15) is 10.8 Å². The van der Waals surface area contributed by atoms with Crippen LogP contribution >= 0.6 is 28.1 Å². The second-order valence-electron chi connectivity index (χ2n) is 4.41. The number of amides is 1. The van der Waals surface area contributed by atoms with Crippen molar-refractivity contribution in [1.29, 1.82) is 0 Å². The standard InChI is InChI=1S/C15H12BrFN2OS/c16-10-3-6-13(12(8-10)15(18)21)19-14(20)7-9-1-4-11(17)5-2-9/h1-6,8H,7H2,(H2,18,21)(H,19,20). The fourth-order valence-corrected chi connectivity index (χ4v) is 2.34. The third-order valence-corrected chi connectivity index (χ3v) is 3.51. The van der Waals surface area contributed by atoms with Gasteiger partial charge in [0.25, 0.3) is 0 Å². The molecule has 0 aliphatic carbocycles. The number of benzene rings is 2. The second kappa shape index (κ2) is 6.78. The first-order chi connectivity index (χ1) is 9.95. The van der Waals surface area contributed by atoms with Gasteiger partial charge in [-0.3, -0.25) is 4.79 Å². The van der Waals surface area contributed by atoms with Gasteiger partial charge in [-0.2, -0.15) is 0 Å². The Balaban J connectivity index is 2.12. The van der Waals surface area contributed by atoms with E-state index in [1.807, 2.05) is 0 Å². The van der Waals surface area contributed by atoms with Crippen molar-refractivity contribution in [1.82, 2.24) is 0 Å². The molecular weight excluding hydrogens is 355 g/mol. The van der Waals surface area contributed by atoms with Gasteiger partial charge in [0.2, 0.25) is 5.91 Å². The summed E-state index contributed by atoms with van der Waals surface area (Å²) in [6.45, 7) is 0. The molecule has 6 heteroatoms. The number of hydrogen-bond acceptors (Lipinski definition) is 2. The van der Waals surface area contributed by atoms with Crippen LogP contribution < -0.4 is 11.1 Å². The molecule has 2 rings (SSSR count). The highest BCUT2D eigenvalue weighted by Crippen LogP contribution is 2.21. The Bertz CT molecular complexity index is 689. The van der Waals surface area contributed by atoms with Crippen molar-refractivity contribution in [3.63, 3.8) is 0 Å². The Morgan fingerprint density at radius 1 is 1.24 bits per heavy atom. The molecule has 0 atom stereocenters. The van der Waals surface area contributed by atoms with E-state index in [-0.39, 0.29) is 23.1 Å². The van der Waals surface area contributed by atoms with Crippen LogP contribution in [0.25, 0.3) is 0 Å². The molecule has 2 aromatic carbocycles. The van der Waals surface area contributed by atoms with E-state index in [1.165, 1.54) is 12.1 Å². The van der Waals surface area contributed by atoms with E-state index in [0.717, 1.165) is 10.0 Å². The summed E-state index contributed by atoms with van der Waals surface area (Å²) in [6.07, 6.45) is 0.146. The molecule has 0 spiro atoms. The van der Waals surface area contributed by atoms with E-state index in [2.05, 4.69) is 21.2 Å². The van der Waals surface area contributed by atoms with E-state index in [9.17, 15) is 9.18 Å². The van der Waals surface area contributed by atoms with Crippen molar-refractivity contribution in [3.05, 3.63) is 63.9 Å². The molecule has 3 nitrogen and oxygen atoms in total. The minimum atomic E-state index is -0.331. The summed E-state index contributed by atoms with van der Waals surface area (Å²) in [6, 6.07) is 11.0. The number of hydrogen-bond donors (Lipinski definition) is 2. The summed E-state index contributed by atoms with van der Waals surface area (Å²) in [4.78, 5) is 12.2. The molecular formula is C15H12BrFN2OS. The van der Waals surface area contributed by atoms with Crippen molar-refractivity contribution in [2.24, 2.45) is 5.73 Å². The maximum atomic E-state index is 12.8. The highest BCUT2D eigenvalue weighted by Gasteiger charge is 2.10. The quantitative estimate of drug-likeness (QED) is 0.815. The van der Waals surface area contributed by atoms with E-state index in [4.69, 9.17) is 18.0 Å². The van der Waals surface area contributed by atoms with Gasteiger partial charge in [0, 0.05) is 10.0 Å². The number of halogens is 2. The van der Waals surface area contributed by atoms with E-state index in [0.29, 0.717) is 11.3 Å². The zero-order valence-corrected chi connectivity index (χ0v) is 13.3. The Kier molecular flexibility index (Phi) is 5.03. The van der Waals surface area contributed by atoms with Gasteiger partial charge in [-0.05, 0) is 35.9 Å². The summed E-state index contributed by atoms with van der Waals surface area (Å²) in [7, 11) is 0. The van der Waals surface area contributed by atoms with Crippen LogP contribution in [-0.2, 0) is 11.2 Å². The Morgan fingerprint density at radius 2 is 1.90 bits per heavy atom. The summed E-state index contributed by atoms with van der Waals surface area (Å²) in [5.41, 5.74) is 7.51. The number of nitrogens with two attached hydrogens (primary N) is 1. The predicted octanol–water partition coefficient (Wildman–Crippen LogP) is 3.40. The molecule has 0 aromatic heterocycles. The molecule has 0 radical (unpaired) electrons. The van der Waals surface area contributed by atoms with E-state index >= 15 is 0 Å². The van der Waals surface area contributed by atoms with Gasteiger partial charge in [0.15, 0.2) is 0 Å². The molecule has 2 aromatic rings. The number of rotatable bonds is 4. The molecule has 0 aliphatic heterocycles. The third-order valence-electron chi connectivity index (χ3n) is 2.80. The Morgan fingerprint density at radius 3 is 2.52 bits per heavy atom. The highest BCUT2D eigenvalue weighted by molar-refractivity contribution is 9.10. The summed E-state index contributed by atoms with van der Waals surface area (Å²) in [5.74, 6) is -0.552. The lowest BCUT2D eigenvalue weighted by Gasteiger charge is -2.10. The highest BCUT2D eigenvalue weighted by atomic mass is 79.9. The fourth-order valence-electron chi connectivity index (χ4n) is 1.81. The second-order valence-corrected chi connectivity index (χ2v) is 5.76. The molecule has 0 aliphatic rings. The fraction of sp³-hybridized carbons (Fsp3) is 0.0667. The summed E-state index contributed by atoms with van der Waals surface area (Å²) in [5, 5.41) is 2.76. The number of carbonyl (C=O) groups excluding carboxylic acids is 1. The van der Waals surface area contributed by atoms with Crippen LogP contribution in [0.4, 0.5) is 10.1 Å². The van der Waals surface area contributed by atoms with Gasteiger partial charge in [-0.25, -0.2) is 4.39 Å². The average molecular weight is 367 g/mol. The first kappa shape index (κ1) is 15.6. The monoisotopic (exact) mass is 366 g/mol. The largest absolute Gasteiger partial charge is 0.389 e. The summed E-state index contributed by atoms with van der Waals surface area (Å²) < 4.78 is 13.6. The SMILES string of the molecule is NC(=S)c1cc(Br)ccc1NC(=O)Cc1ccc(F)cc1. The lowest BCUT2D eigenvalue weighted by molar-refractivity contribution is -0.115. The van der Waals surface area contributed by atoms with Gasteiger partial charge in [0.05, 0.1) is 12.1 Å². The molecule has 108 valence electrons. The van der Waals surface area contributed by atoms with Crippen molar-refractivity contribution in [3.8, 4) is 0 Å². The molecule has 21 heavy (non-hydrogen) atoms. The molecule has 1 amide bonds. The first-order valence-electron chi connectivity index (χ1n) is 6.09. The van der Waals surface area contributed by atoms with E-state index in [1.54, 1.807) is 30.3 Å². The van der Waals surface area contributed by atoms with E-state index < -0.39 is 0 Å². The molecule has 0 unspecified atom stereocenters. The number of anilines is 1. The molecule has 0 saturated carbocycles. The smallest absolute Gasteiger partial charge is 0.228 e. The Labute approximate surface area is 135 Å². The maximum Gasteiger partial charge on any atom is 0.228 e. The van der Waals surface area contributed by atoms with Crippen LogP contribution in [0.3, 0.4) is 0 Å². The first-order valence-corrected chi connectivity index (χ1v) is 7.29. The third kappa shape index (κ3) is 4.34. The predicted molar refractivity (Wildman–Crippen MR) is 88.8 cm³/mol. The zero-order chi connectivity index (χ0) is 15.4. The zero-order valence-electron chi connectivity index (χ0n) is 10.9. The molecule has 0 saturated heterocycles. The van der Waals surface area contributed by atoms with Crippen LogP contribution in [0.1, 0.15) is 11.1 Å². The summed E-state index contributed by atoms with van der Waals surface area (Å²) >= 11 is 8.30. The van der Waals surface area contributed by atoms with Crippen LogP contribution in [0.15, 0.2) is 46.9 Å². The molecule has 0 heterocycles. The molecule has 0 fully saturated rings. The average Bonchev–Trinajstić information content (AvgIpc) is 2.43. The van der Waals surface area contributed by atoms with Gasteiger partial charge in [-0.1, -0.05) is 40.3 Å². The number of thiocarbonyl (C=S) groups is 1. The molecule has 3 N–H and O–H groups in total. The van der Waals surface area contributed by atoms with Crippen molar-refractivity contribution in [2.75, 3.05) is 5.32 Å². The minimum Gasteiger partial charge on any atom is -0.389 e. The number of carbonyl (C=O) groups is 1. The molecule has 0 bridgehead atoms. The van der Waals surface area contributed by atoms with Gasteiger partial charge >= 0.3 is 0 Å². The Hall–Kier alpha value is -1.79. The lowest BCUT2D eigenvalue weighted by atomic mass is 10.1. The van der Waals surface area contributed by atoms with Crippen LogP contribution in [0.2, 0.25) is 0 Å². The van der Waals surface area contributed by atoms with Gasteiger partial charge in [-0.15, -0.1) is 0 Å². The van der Waals surface area contributed by atoms with Gasteiger partial charge < -0.3 is 11.1 Å². The topological polar surface area (TPSA) is 55.1 Å². The lowest BCUT2D eigenvalue weighted by Crippen LogP contribution is -2.19. The van der Waals surface area contributed by atoms with Crippen molar-refractivity contribution in [2.45, 2.75) is 6.42 Å². The normalized spacial score (nSPS) is 10.2. The maximum absolute atomic E-state index is 12.8. The van der Waals surface area contributed by atoms with Crippen molar-refractivity contribution >= 4 is 44.7 Å². The van der Waals surface area contributed by atoms with Crippen molar-refractivity contribution < 1.29 is 9.18 Å². The van der Waals surface area contributed by atoms with Crippen LogP contribution in [0, 0.1) is 5.82 Å². The number of nitrogens with one attached hydrogen (secondary N) is 1. The van der Waals surface area contributed by atoms with Crippen LogP contribution in [0.5, 0.6) is 0 Å². The minimum absolute atomic E-state index is 0.146. The van der Waals surface area contributed by atoms with Crippen LogP contribution in [-0.4, -0.2) is 10.9 Å².